The molecule has 0 saturated heterocycles. The second-order valence-electron chi connectivity index (χ2n) is 7.97. The first-order valence-electron chi connectivity index (χ1n) is 11.0. The highest BCUT2D eigenvalue weighted by molar-refractivity contribution is 7.13. The third-order valence-electron chi connectivity index (χ3n) is 5.46. The second kappa shape index (κ2) is 12.1. The second-order valence-corrected chi connectivity index (χ2v) is 8.92. The Kier molecular flexibility index (Phi) is 8.90. The van der Waals surface area contributed by atoms with Gasteiger partial charge >= 0.3 is 0 Å². The van der Waals surface area contributed by atoms with Crippen molar-refractivity contribution in [2.45, 2.75) is 24.9 Å². The number of aldehydes is 1. The van der Waals surface area contributed by atoms with Crippen molar-refractivity contribution in [1.82, 2.24) is 16.0 Å². The van der Waals surface area contributed by atoms with E-state index in [2.05, 4.69) is 21.9 Å². The number of carbonyl (C=O) groups excluding carboxylic acids is 3. The summed E-state index contributed by atoms with van der Waals surface area (Å²) in [5, 5.41) is 10.2. The van der Waals surface area contributed by atoms with Gasteiger partial charge < -0.3 is 16.0 Å². The van der Waals surface area contributed by atoms with Gasteiger partial charge in [0.2, 0.25) is 6.29 Å². The van der Waals surface area contributed by atoms with E-state index in [-0.39, 0.29) is 24.6 Å². The van der Waals surface area contributed by atoms with Crippen molar-refractivity contribution in [3.63, 3.8) is 0 Å². The minimum absolute atomic E-state index is 0.0661. The number of carbonyl (C=O) groups is 3. The topological polar surface area (TPSA) is 87.3 Å². The number of hydrogen-bond acceptors (Lipinski definition) is 5. The fourth-order valence-electron chi connectivity index (χ4n) is 3.57. The molecule has 180 valence electrons. The summed E-state index contributed by atoms with van der Waals surface area (Å²) in [5.41, 5.74) is 1.93. The fraction of sp³-hybridized carbons (Fsp3) is 0.222. The average molecular weight is 492 g/mol. The lowest BCUT2D eigenvalue weighted by Crippen LogP contribution is -2.36. The number of halogens is 1. The van der Waals surface area contributed by atoms with Crippen molar-refractivity contribution < 1.29 is 18.8 Å². The van der Waals surface area contributed by atoms with Gasteiger partial charge in [0.05, 0.1) is 12.1 Å². The Bertz CT molecular complexity index is 1230. The van der Waals surface area contributed by atoms with Crippen LogP contribution in [0.25, 0.3) is 10.4 Å². The van der Waals surface area contributed by atoms with E-state index in [0.717, 1.165) is 28.8 Å². The molecule has 3 aromatic rings. The summed E-state index contributed by atoms with van der Waals surface area (Å²) in [6, 6.07) is 15.6. The molecule has 3 N–H and O–H groups in total. The van der Waals surface area contributed by atoms with Crippen molar-refractivity contribution in [3.8, 4) is 22.8 Å². The molecule has 0 bridgehead atoms. The monoisotopic (exact) mass is 491 g/mol. The number of benzene rings is 2. The van der Waals surface area contributed by atoms with Crippen LogP contribution in [0.5, 0.6) is 0 Å². The molecular weight excluding hydrogens is 465 g/mol. The van der Waals surface area contributed by atoms with E-state index in [1.807, 2.05) is 30.6 Å². The Balaban J connectivity index is 0.000000623. The SMILES string of the molecule is C#CCNC.O=CC(=O)NCc1ccccc1C(=O)NC1(c2cc(F)cc(-c3cccs3)c2)CC1. The summed E-state index contributed by atoms with van der Waals surface area (Å²) >= 11 is 1.53. The van der Waals surface area contributed by atoms with Crippen molar-refractivity contribution in [1.29, 1.82) is 0 Å². The van der Waals surface area contributed by atoms with Gasteiger partial charge in [0, 0.05) is 17.0 Å². The molecule has 6 nitrogen and oxygen atoms in total. The van der Waals surface area contributed by atoms with Crippen LogP contribution >= 0.6 is 11.3 Å². The molecule has 1 aromatic heterocycles. The summed E-state index contributed by atoms with van der Waals surface area (Å²) in [7, 11) is 1.82. The zero-order valence-electron chi connectivity index (χ0n) is 19.3. The quantitative estimate of drug-likeness (QED) is 0.255. The average Bonchev–Trinajstić information content (AvgIpc) is 3.43. The van der Waals surface area contributed by atoms with E-state index in [1.54, 1.807) is 24.3 Å². The molecule has 2 amide bonds. The molecular formula is C27H26FN3O3S. The number of terminal acetylenes is 1. The zero-order chi connectivity index (χ0) is 25.3. The normalized spacial score (nSPS) is 12.9. The Morgan fingerprint density at radius 3 is 2.54 bits per heavy atom. The van der Waals surface area contributed by atoms with Crippen LogP contribution in [0.2, 0.25) is 0 Å². The van der Waals surface area contributed by atoms with Crippen LogP contribution in [0.3, 0.4) is 0 Å². The standard InChI is InChI=1S/C23H19FN2O3S.C4H7N/c24-18-11-16(20-6-3-9-30-20)10-17(12-18)23(7-8-23)26-22(29)19-5-2-1-4-15(19)13-25-21(28)14-27;1-3-4-5-2/h1-6,9-12,14H,7-8,13H2,(H,25,28)(H,26,29);1,5H,4H2,2H3. The molecule has 0 aliphatic heterocycles. The Morgan fingerprint density at radius 1 is 1.17 bits per heavy atom. The molecule has 0 spiro atoms. The Hall–Kier alpha value is -3.80. The molecule has 1 saturated carbocycles. The van der Waals surface area contributed by atoms with Crippen LogP contribution in [-0.4, -0.2) is 31.7 Å². The first-order valence-corrected chi connectivity index (χ1v) is 11.9. The van der Waals surface area contributed by atoms with E-state index in [4.69, 9.17) is 6.42 Å². The number of amides is 2. The maximum atomic E-state index is 14.3. The van der Waals surface area contributed by atoms with Crippen molar-refractivity contribution in [3.05, 3.63) is 82.5 Å². The van der Waals surface area contributed by atoms with Gasteiger partial charge in [-0.1, -0.05) is 30.2 Å². The highest BCUT2D eigenvalue weighted by atomic mass is 32.1. The van der Waals surface area contributed by atoms with Gasteiger partial charge in [0.25, 0.3) is 11.8 Å². The molecule has 0 radical (unpaired) electrons. The van der Waals surface area contributed by atoms with Gasteiger partial charge in [-0.25, -0.2) is 4.39 Å². The lowest BCUT2D eigenvalue weighted by Gasteiger charge is -2.20. The molecule has 35 heavy (non-hydrogen) atoms. The largest absolute Gasteiger partial charge is 0.346 e. The van der Waals surface area contributed by atoms with Crippen LogP contribution in [0, 0.1) is 18.2 Å². The maximum Gasteiger partial charge on any atom is 0.284 e. The molecule has 2 aromatic carbocycles. The van der Waals surface area contributed by atoms with Crippen molar-refractivity contribution >= 4 is 29.4 Å². The highest BCUT2D eigenvalue weighted by Crippen LogP contribution is 2.47. The number of rotatable bonds is 8. The van der Waals surface area contributed by atoms with Crippen LogP contribution in [-0.2, 0) is 21.7 Å². The van der Waals surface area contributed by atoms with Gasteiger partial charge in [-0.15, -0.1) is 17.8 Å². The maximum absolute atomic E-state index is 14.3. The molecule has 1 heterocycles. The first-order chi connectivity index (χ1) is 16.9. The lowest BCUT2D eigenvalue weighted by molar-refractivity contribution is -0.131. The molecule has 4 rings (SSSR count). The van der Waals surface area contributed by atoms with Crippen molar-refractivity contribution in [2.75, 3.05) is 13.6 Å². The van der Waals surface area contributed by atoms with Gasteiger partial charge in [-0.05, 0) is 72.3 Å². The molecule has 1 aliphatic carbocycles. The number of thiophene rings is 1. The smallest absolute Gasteiger partial charge is 0.284 e. The Labute approximate surface area is 207 Å². The van der Waals surface area contributed by atoms with Crippen LogP contribution in [0.15, 0.2) is 60.0 Å². The van der Waals surface area contributed by atoms with Gasteiger partial charge in [0.1, 0.15) is 5.82 Å². The fourth-order valence-corrected chi connectivity index (χ4v) is 4.28. The molecule has 0 unspecified atom stereocenters. The highest BCUT2D eigenvalue weighted by Gasteiger charge is 2.46. The molecule has 8 heteroatoms. The Morgan fingerprint density at radius 2 is 1.94 bits per heavy atom. The summed E-state index contributed by atoms with van der Waals surface area (Å²) < 4.78 is 14.3. The number of nitrogens with one attached hydrogen (secondary N) is 3. The summed E-state index contributed by atoms with van der Waals surface area (Å²) in [5.74, 6) is 1.02. The molecule has 0 atom stereocenters. The number of hydrogen-bond donors (Lipinski definition) is 3. The predicted octanol–water partition coefficient (Wildman–Crippen LogP) is 3.63. The first kappa shape index (κ1) is 25.8. The zero-order valence-corrected chi connectivity index (χ0v) is 20.1. The minimum Gasteiger partial charge on any atom is -0.346 e. The van der Waals surface area contributed by atoms with E-state index < -0.39 is 11.4 Å². The van der Waals surface area contributed by atoms with E-state index in [1.165, 1.54) is 23.5 Å². The van der Waals surface area contributed by atoms with Gasteiger partial charge in [0.15, 0.2) is 0 Å². The van der Waals surface area contributed by atoms with Gasteiger partial charge in [-0.2, -0.15) is 0 Å². The minimum atomic E-state index is -0.746. The van der Waals surface area contributed by atoms with Crippen LogP contribution in [0.1, 0.15) is 34.3 Å². The van der Waals surface area contributed by atoms with E-state index in [9.17, 15) is 18.8 Å². The van der Waals surface area contributed by atoms with Crippen LogP contribution < -0.4 is 16.0 Å². The van der Waals surface area contributed by atoms with Gasteiger partial charge in [-0.3, -0.25) is 14.4 Å². The third-order valence-corrected chi connectivity index (χ3v) is 6.38. The summed E-state index contributed by atoms with van der Waals surface area (Å²) in [6.07, 6.45) is 6.45. The summed E-state index contributed by atoms with van der Waals surface area (Å²) in [4.78, 5) is 35.7. The predicted molar refractivity (Wildman–Crippen MR) is 135 cm³/mol. The third kappa shape index (κ3) is 6.85. The molecule has 1 fully saturated rings. The van der Waals surface area contributed by atoms with Crippen LogP contribution in [0.4, 0.5) is 4.39 Å². The lowest BCUT2D eigenvalue weighted by atomic mass is 9.99. The van der Waals surface area contributed by atoms with Crippen molar-refractivity contribution in [2.24, 2.45) is 0 Å². The summed E-state index contributed by atoms with van der Waals surface area (Å²) in [6.45, 7) is 0.733. The molecule has 1 aliphatic rings. The van der Waals surface area contributed by atoms with E-state index >= 15 is 0 Å². The van der Waals surface area contributed by atoms with E-state index in [0.29, 0.717) is 17.7 Å².